The Hall–Kier alpha value is -3.65. The lowest BCUT2D eigenvalue weighted by Crippen LogP contribution is -2.16. The number of amides is 1. The molecule has 8 heteroatoms. The van der Waals surface area contributed by atoms with E-state index in [0.29, 0.717) is 16.3 Å². The molecule has 1 N–H and O–H groups in total. The minimum absolute atomic E-state index is 0.0655. The second-order valence-electron chi connectivity index (χ2n) is 6.57. The first-order valence-corrected chi connectivity index (χ1v) is 10.6. The van der Waals surface area contributed by atoms with Gasteiger partial charge in [0.05, 0.1) is 18.4 Å². The molecule has 0 saturated carbocycles. The second-order valence-corrected chi connectivity index (χ2v) is 7.59. The molecule has 0 aliphatic heterocycles. The van der Waals surface area contributed by atoms with Crippen LogP contribution in [0.15, 0.2) is 77.7 Å². The van der Waals surface area contributed by atoms with Gasteiger partial charge >= 0.3 is 5.97 Å². The molecule has 164 valence electrons. The number of methoxy groups -OCH3 is 1. The highest BCUT2D eigenvalue weighted by molar-refractivity contribution is 8.00. The molecule has 0 radical (unpaired) electrons. The zero-order valence-electron chi connectivity index (χ0n) is 17.2. The molecular weight excluding hydrogens is 433 g/mol. The first kappa shape index (κ1) is 23.0. The van der Waals surface area contributed by atoms with Gasteiger partial charge in [0, 0.05) is 22.2 Å². The van der Waals surface area contributed by atoms with Crippen LogP contribution in [0.1, 0.15) is 20.7 Å². The normalized spacial score (nSPS) is 10.3. The minimum Gasteiger partial charge on any atom is -0.497 e. The Labute approximate surface area is 188 Å². The number of hydrogen-bond acceptors (Lipinski definition) is 6. The number of carbonyl (C=O) groups excluding carboxylic acids is 3. The highest BCUT2D eigenvalue weighted by atomic mass is 32.2. The van der Waals surface area contributed by atoms with Crippen molar-refractivity contribution in [2.75, 3.05) is 24.8 Å². The number of anilines is 1. The minimum atomic E-state index is -0.684. The van der Waals surface area contributed by atoms with Gasteiger partial charge in [0.2, 0.25) is 5.91 Å². The van der Waals surface area contributed by atoms with Crippen LogP contribution >= 0.6 is 11.8 Å². The van der Waals surface area contributed by atoms with E-state index >= 15 is 0 Å². The Bertz CT molecular complexity index is 1120. The van der Waals surface area contributed by atoms with Crippen molar-refractivity contribution in [1.82, 2.24) is 0 Å². The summed E-state index contributed by atoms with van der Waals surface area (Å²) in [7, 11) is 1.54. The monoisotopic (exact) mass is 453 g/mol. The van der Waals surface area contributed by atoms with Crippen molar-refractivity contribution in [1.29, 1.82) is 0 Å². The predicted molar refractivity (Wildman–Crippen MR) is 120 cm³/mol. The second kappa shape index (κ2) is 11.1. The third kappa shape index (κ3) is 6.42. The molecule has 0 bridgehead atoms. The van der Waals surface area contributed by atoms with E-state index in [1.807, 2.05) is 0 Å². The molecule has 0 heterocycles. The smallest absolute Gasteiger partial charge is 0.339 e. The average molecular weight is 453 g/mol. The molecule has 0 aliphatic rings. The van der Waals surface area contributed by atoms with Crippen molar-refractivity contribution in [3.05, 3.63) is 89.7 Å². The fourth-order valence-electron chi connectivity index (χ4n) is 2.73. The summed E-state index contributed by atoms with van der Waals surface area (Å²) in [5.74, 6) is -1.15. The van der Waals surface area contributed by atoms with Gasteiger partial charge in [-0.05, 0) is 48.5 Å². The maximum atomic E-state index is 13.0. The Morgan fingerprint density at radius 2 is 1.72 bits per heavy atom. The molecule has 0 aliphatic carbocycles. The van der Waals surface area contributed by atoms with Crippen LogP contribution in [0.3, 0.4) is 0 Å². The highest BCUT2D eigenvalue weighted by Crippen LogP contribution is 2.24. The van der Waals surface area contributed by atoms with Crippen molar-refractivity contribution in [3.63, 3.8) is 0 Å². The van der Waals surface area contributed by atoms with Crippen LogP contribution in [0.2, 0.25) is 0 Å². The Kier molecular flexibility index (Phi) is 7.99. The number of benzene rings is 3. The summed E-state index contributed by atoms with van der Waals surface area (Å²) in [5, 5.41) is 2.77. The average Bonchev–Trinajstić information content (AvgIpc) is 2.81. The maximum Gasteiger partial charge on any atom is 0.339 e. The number of halogens is 1. The molecule has 0 saturated heterocycles. The molecule has 32 heavy (non-hydrogen) atoms. The number of esters is 1. The van der Waals surface area contributed by atoms with Gasteiger partial charge in [0.15, 0.2) is 12.4 Å². The summed E-state index contributed by atoms with van der Waals surface area (Å²) in [6.07, 6.45) is 0. The zero-order chi connectivity index (χ0) is 22.9. The number of Topliss-reactive ketones (excluding diaryl/α,β-unsaturated/α-hetero) is 1. The van der Waals surface area contributed by atoms with E-state index in [2.05, 4.69) is 5.32 Å². The largest absolute Gasteiger partial charge is 0.497 e. The third-order valence-electron chi connectivity index (χ3n) is 4.32. The molecule has 1 amide bonds. The first-order valence-electron chi connectivity index (χ1n) is 9.58. The van der Waals surface area contributed by atoms with Gasteiger partial charge in [0.25, 0.3) is 0 Å². The molecule has 0 unspecified atom stereocenters. The molecule has 0 spiro atoms. The van der Waals surface area contributed by atoms with E-state index in [1.54, 1.807) is 55.6 Å². The van der Waals surface area contributed by atoms with Gasteiger partial charge in [-0.1, -0.05) is 18.2 Å². The lowest BCUT2D eigenvalue weighted by atomic mass is 10.1. The SMILES string of the molecule is COc1cccc(NC(=O)CSc2ccccc2C(=O)OCC(=O)c2ccc(F)cc2)c1. The Balaban J connectivity index is 1.57. The maximum absolute atomic E-state index is 13.0. The van der Waals surface area contributed by atoms with Gasteiger partial charge in [-0.15, -0.1) is 11.8 Å². The lowest BCUT2D eigenvalue weighted by Gasteiger charge is -2.10. The van der Waals surface area contributed by atoms with E-state index < -0.39 is 24.2 Å². The highest BCUT2D eigenvalue weighted by Gasteiger charge is 2.16. The number of thioether (sulfide) groups is 1. The van der Waals surface area contributed by atoms with E-state index in [4.69, 9.17) is 9.47 Å². The number of ether oxygens (including phenoxy) is 2. The molecule has 0 aromatic heterocycles. The number of hydrogen-bond donors (Lipinski definition) is 1. The fraction of sp³-hybridized carbons (Fsp3) is 0.125. The van der Waals surface area contributed by atoms with Gasteiger partial charge in [-0.2, -0.15) is 0 Å². The number of rotatable bonds is 9. The van der Waals surface area contributed by atoms with Crippen molar-refractivity contribution < 1.29 is 28.2 Å². The van der Waals surface area contributed by atoms with Gasteiger partial charge in [0.1, 0.15) is 11.6 Å². The van der Waals surface area contributed by atoms with Crippen LogP contribution < -0.4 is 10.1 Å². The van der Waals surface area contributed by atoms with Crippen molar-refractivity contribution in [3.8, 4) is 5.75 Å². The summed E-state index contributed by atoms with van der Waals surface area (Å²) >= 11 is 1.17. The van der Waals surface area contributed by atoms with E-state index in [1.165, 1.54) is 23.9 Å². The molecule has 0 atom stereocenters. The van der Waals surface area contributed by atoms with E-state index in [-0.39, 0.29) is 22.8 Å². The van der Waals surface area contributed by atoms with Crippen LogP contribution in [0.4, 0.5) is 10.1 Å². The zero-order valence-corrected chi connectivity index (χ0v) is 18.0. The Morgan fingerprint density at radius 3 is 2.47 bits per heavy atom. The fourth-order valence-corrected chi connectivity index (χ4v) is 3.57. The summed E-state index contributed by atoms with van der Waals surface area (Å²) < 4.78 is 23.2. The molecule has 0 fully saturated rings. The van der Waals surface area contributed by atoms with Crippen molar-refractivity contribution in [2.45, 2.75) is 4.90 Å². The lowest BCUT2D eigenvalue weighted by molar-refractivity contribution is -0.113. The number of ketones is 1. The van der Waals surface area contributed by atoms with Gasteiger partial charge < -0.3 is 14.8 Å². The van der Waals surface area contributed by atoms with Crippen molar-refractivity contribution >= 4 is 35.1 Å². The molecule has 3 aromatic carbocycles. The summed E-state index contributed by atoms with van der Waals surface area (Å²) in [5.41, 5.74) is 1.09. The van der Waals surface area contributed by atoms with Crippen molar-refractivity contribution in [2.24, 2.45) is 0 Å². The van der Waals surface area contributed by atoms with E-state index in [0.717, 1.165) is 12.1 Å². The number of carbonyl (C=O) groups is 3. The van der Waals surface area contributed by atoms with Crippen LogP contribution in [-0.2, 0) is 9.53 Å². The number of nitrogens with one attached hydrogen (secondary N) is 1. The molecule has 3 aromatic rings. The summed E-state index contributed by atoms with van der Waals surface area (Å²) in [6.45, 7) is -0.472. The van der Waals surface area contributed by atoms with Crippen LogP contribution in [0, 0.1) is 5.82 Å². The summed E-state index contributed by atoms with van der Waals surface area (Å²) in [4.78, 5) is 37.5. The first-order chi connectivity index (χ1) is 15.5. The van der Waals surface area contributed by atoms with E-state index in [9.17, 15) is 18.8 Å². The van der Waals surface area contributed by atoms with Crippen LogP contribution in [0.5, 0.6) is 5.75 Å². The predicted octanol–water partition coefficient (Wildman–Crippen LogP) is 4.60. The summed E-state index contributed by atoms with van der Waals surface area (Å²) in [6, 6.07) is 18.6. The molecule has 3 rings (SSSR count). The molecule has 6 nitrogen and oxygen atoms in total. The van der Waals surface area contributed by atoms with Gasteiger partial charge in [-0.3, -0.25) is 9.59 Å². The topological polar surface area (TPSA) is 81.7 Å². The van der Waals surface area contributed by atoms with Crippen LogP contribution in [0.25, 0.3) is 0 Å². The quantitative estimate of drug-likeness (QED) is 0.290. The van der Waals surface area contributed by atoms with Gasteiger partial charge in [-0.25, -0.2) is 9.18 Å². The third-order valence-corrected chi connectivity index (χ3v) is 5.39. The Morgan fingerprint density at radius 1 is 0.969 bits per heavy atom. The standard InChI is InChI=1S/C24H20FNO5S/c1-30-19-6-4-5-18(13-19)26-23(28)15-32-22-8-3-2-7-20(22)24(29)31-14-21(27)16-9-11-17(25)12-10-16/h2-13H,14-15H2,1H3,(H,26,28). The molecular formula is C24H20FNO5S. The van der Waals surface area contributed by atoms with Crippen LogP contribution in [-0.4, -0.2) is 37.1 Å².